The van der Waals surface area contributed by atoms with Gasteiger partial charge in [0.05, 0.1) is 4.47 Å². The molecule has 3 heteroatoms. The lowest BCUT2D eigenvalue weighted by Crippen LogP contribution is -2.26. The van der Waals surface area contributed by atoms with Gasteiger partial charge in [0.2, 0.25) is 0 Å². The smallest absolute Gasteiger partial charge is 0.129 e. The van der Waals surface area contributed by atoms with Gasteiger partial charge in [-0.3, -0.25) is 0 Å². The SMILES string of the molecule is N[C@H](c1ccc(O)c(Br)c1)C1CCC1. The van der Waals surface area contributed by atoms with E-state index in [2.05, 4.69) is 15.9 Å². The van der Waals surface area contributed by atoms with Gasteiger partial charge in [0, 0.05) is 6.04 Å². The van der Waals surface area contributed by atoms with Crippen molar-refractivity contribution in [2.75, 3.05) is 0 Å². The summed E-state index contributed by atoms with van der Waals surface area (Å²) in [7, 11) is 0. The first-order chi connectivity index (χ1) is 6.68. The Balaban J connectivity index is 2.18. The molecule has 0 heterocycles. The summed E-state index contributed by atoms with van der Waals surface area (Å²) in [5.74, 6) is 0.904. The highest BCUT2D eigenvalue weighted by molar-refractivity contribution is 9.10. The van der Waals surface area contributed by atoms with E-state index in [1.807, 2.05) is 12.1 Å². The van der Waals surface area contributed by atoms with Crippen molar-refractivity contribution < 1.29 is 5.11 Å². The second-order valence-corrected chi connectivity index (χ2v) is 4.78. The van der Waals surface area contributed by atoms with E-state index in [4.69, 9.17) is 5.73 Å². The molecular weight excluding hydrogens is 242 g/mol. The molecule has 0 unspecified atom stereocenters. The Kier molecular flexibility index (Phi) is 2.79. The molecule has 0 amide bonds. The van der Waals surface area contributed by atoms with Crippen molar-refractivity contribution in [3.8, 4) is 5.75 Å². The standard InChI is InChI=1S/C11H14BrNO/c12-9-6-8(4-5-10(9)14)11(13)7-2-1-3-7/h4-7,11,14H,1-3,13H2/t11-/m0/s1. The van der Waals surface area contributed by atoms with E-state index in [0.29, 0.717) is 5.92 Å². The van der Waals surface area contributed by atoms with E-state index >= 15 is 0 Å². The molecule has 3 N–H and O–H groups in total. The Bertz CT molecular complexity index is 336. The molecule has 0 saturated heterocycles. The maximum Gasteiger partial charge on any atom is 0.129 e. The molecule has 2 rings (SSSR count). The highest BCUT2D eigenvalue weighted by Gasteiger charge is 2.25. The van der Waals surface area contributed by atoms with Gasteiger partial charge in [0.25, 0.3) is 0 Å². The van der Waals surface area contributed by atoms with Crippen molar-refractivity contribution in [2.45, 2.75) is 25.3 Å². The highest BCUT2D eigenvalue weighted by atomic mass is 79.9. The van der Waals surface area contributed by atoms with Gasteiger partial charge in [-0.1, -0.05) is 12.5 Å². The highest BCUT2D eigenvalue weighted by Crippen LogP contribution is 2.37. The molecule has 0 aromatic heterocycles. The number of aromatic hydroxyl groups is 1. The van der Waals surface area contributed by atoms with Crippen LogP contribution in [0.5, 0.6) is 5.75 Å². The lowest BCUT2D eigenvalue weighted by molar-refractivity contribution is 0.264. The topological polar surface area (TPSA) is 46.2 Å². The summed E-state index contributed by atoms with van der Waals surface area (Å²) in [6.07, 6.45) is 3.77. The third kappa shape index (κ3) is 1.79. The molecule has 0 radical (unpaired) electrons. The fraction of sp³-hybridized carbons (Fsp3) is 0.455. The van der Waals surface area contributed by atoms with Gasteiger partial charge in [0.15, 0.2) is 0 Å². The summed E-state index contributed by atoms with van der Waals surface area (Å²) in [4.78, 5) is 0. The summed E-state index contributed by atoms with van der Waals surface area (Å²) in [5, 5.41) is 9.35. The van der Waals surface area contributed by atoms with Gasteiger partial charge < -0.3 is 10.8 Å². The van der Waals surface area contributed by atoms with Crippen LogP contribution < -0.4 is 5.73 Å². The number of phenols is 1. The van der Waals surface area contributed by atoms with Crippen LogP contribution in [-0.2, 0) is 0 Å². The van der Waals surface area contributed by atoms with Crippen LogP contribution in [0, 0.1) is 5.92 Å². The Morgan fingerprint density at radius 1 is 1.43 bits per heavy atom. The normalized spacial score (nSPS) is 19.0. The minimum absolute atomic E-state index is 0.126. The first-order valence-electron chi connectivity index (χ1n) is 4.92. The Labute approximate surface area is 92.3 Å². The summed E-state index contributed by atoms with van der Waals surface area (Å²) in [6, 6.07) is 5.64. The van der Waals surface area contributed by atoms with E-state index < -0.39 is 0 Å². The molecule has 2 nitrogen and oxygen atoms in total. The Morgan fingerprint density at radius 3 is 2.64 bits per heavy atom. The van der Waals surface area contributed by atoms with E-state index in [-0.39, 0.29) is 11.8 Å². The predicted octanol–water partition coefficient (Wildman–Crippen LogP) is 2.95. The molecule has 76 valence electrons. The number of benzene rings is 1. The monoisotopic (exact) mass is 255 g/mol. The van der Waals surface area contributed by atoms with E-state index in [0.717, 1.165) is 10.0 Å². The molecular formula is C11H14BrNO. The maximum atomic E-state index is 9.35. The summed E-state index contributed by atoms with van der Waals surface area (Å²) >= 11 is 3.30. The van der Waals surface area contributed by atoms with Crippen molar-refractivity contribution in [1.29, 1.82) is 0 Å². The van der Waals surface area contributed by atoms with E-state index in [1.165, 1.54) is 19.3 Å². The van der Waals surface area contributed by atoms with Crippen LogP contribution in [0.25, 0.3) is 0 Å². The lowest BCUT2D eigenvalue weighted by atomic mass is 9.78. The molecule has 1 aromatic carbocycles. The van der Waals surface area contributed by atoms with Crippen LogP contribution in [0.4, 0.5) is 0 Å². The molecule has 1 aliphatic carbocycles. The van der Waals surface area contributed by atoms with Gasteiger partial charge in [-0.25, -0.2) is 0 Å². The summed E-state index contributed by atoms with van der Waals surface area (Å²) in [5.41, 5.74) is 7.23. The average Bonchev–Trinajstić information content (AvgIpc) is 2.06. The van der Waals surface area contributed by atoms with Gasteiger partial charge in [0.1, 0.15) is 5.75 Å². The van der Waals surface area contributed by atoms with Gasteiger partial charge >= 0.3 is 0 Å². The Hall–Kier alpha value is -0.540. The molecule has 14 heavy (non-hydrogen) atoms. The number of nitrogens with two attached hydrogens (primary N) is 1. The van der Waals surface area contributed by atoms with Crippen LogP contribution in [0.3, 0.4) is 0 Å². The third-order valence-corrected chi connectivity index (χ3v) is 3.65. The van der Waals surface area contributed by atoms with Crippen molar-refractivity contribution in [1.82, 2.24) is 0 Å². The fourth-order valence-corrected chi connectivity index (χ4v) is 2.20. The van der Waals surface area contributed by atoms with Crippen molar-refractivity contribution in [3.63, 3.8) is 0 Å². The second kappa shape index (κ2) is 3.91. The van der Waals surface area contributed by atoms with Crippen LogP contribution in [0.15, 0.2) is 22.7 Å². The zero-order chi connectivity index (χ0) is 10.1. The molecule has 1 aromatic rings. The Morgan fingerprint density at radius 2 is 2.14 bits per heavy atom. The second-order valence-electron chi connectivity index (χ2n) is 3.93. The summed E-state index contributed by atoms with van der Waals surface area (Å²) in [6.45, 7) is 0. The average molecular weight is 256 g/mol. The number of phenolic OH excluding ortho intramolecular Hbond substituents is 1. The molecule has 0 spiro atoms. The van der Waals surface area contributed by atoms with E-state index in [9.17, 15) is 5.11 Å². The predicted molar refractivity (Wildman–Crippen MR) is 60.1 cm³/mol. The zero-order valence-electron chi connectivity index (χ0n) is 7.91. The first kappa shape index (κ1) is 9.99. The van der Waals surface area contributed by atoms with Crippen LogP contribution >= 0.6 is 15.9 Å². The minimum Gasteiger partial charge on any atom is -0.507 e. The van der Waals surface area contributed by atoms with Gasteiger partial charge in [-0.15, -0.1) is 0 Å². The third-order valence-electron chi connectivity index (χ3n) is 3.01. The molecule has 1 fully saturated rings. The largest absolute Gasteiger partial charge is 0.507 e. The van der Waals surface area contributed by atoms with Gasteiger partial charge in [-0.05, 0) is 52.4 Å². The molecule has 0 aliphatic heterocycles. The van der Waals surface area contributed by atoms with E-state index in [1.54, 1.807) is 6.07 Å². The number of hydrogen-bond donors (Lipinski definition) is 2. The van der Waals surface area contributed by atoms with Crippen molar-refractivity contribution >= 4 is 15.9 Å². The molecule has 1 saturated carbocycles. The van der Waals surface area contributed by atoms with Crippen molar-refractivity contribution in [2.24, 2.45) is 11.7 Å². The molecule has 1 atom stereocenters. The quantitative estimate of drug-likeness (QED) is 0.854. The zero-order valence-corrected chi connectivity index (χ0v) is 9.50. The summed E-state index contributed by atoms with van der Waals surface area (Å²) < 4.78 is 0.727. The van der Waals surface area contributed by atoms with Crippen LogP contribution in [0.2, 0.25) is 0 Å². The lowest BCUT2D eigenvalue weighted by Gasteiger charge is -2.31. The number of rotatable bonds is 2. The molecule has 1 aliphatic rings. The van der Waals surface area contributed by atoms with Crippen LogP contribution in [0.1, 0.15) is 30.9 Å². The minimum atomic E-state index is 0.126. The van der Waals surface area contributed by atoms with Gasteiger partial charge in [-0.2, -0.15) is 0 Å². The van der Waals surface area contributed by atoms with Crippen molar-refractivity contribution in [3.05, 3.63) is 28.2 Å². The fourth-order valence-electron chi connectivity index (χ4n) is 1.80. The molecule has 0 bridgehead atoms. The first-order valence-corrected chi connectivity index (χ1v) is 5.72. The maximum absolute atomic E-state index is 9.35. The van der Waals surface area contributed by atoms with Crippen LogP contribution in [-0.4, -0.2) is 5.11 Å². The number of halogens is 1. The number of hydrogen-bond acceptors (Lipinski definition) is 2.